The Bertz CT molecular complexity index is 4690. The number of para-hydroxylation sites is 1. The van der Waals surface area contributed by atoms with E-state index in [9.17, 15) is 0 Å². The van der Waals surface area contributed by atoms with Gasteiger partial charge in [-0.3, -0.25) is 9.97 Å². The smallest absolute Gasteiger partial charge is 0.225 e. The third-order valence-electron chi connectivity index (χ3n) is 15.4. The second kappa shape index (κ2) is 17.4. The second-order valence-corrected chi connectivity index (χ2v) is 20.2. The predicted molar refractivity (Wildman–Crippen MR) is 308 cm³/mol. The van der Waals surface area contributed by atoms with Gasteiger partial charge >= 0.3 is 0 Å². The molecule has 11 nitrogen and oxygen atoms in total. The van der Waals surface area contributed by atoms with Gasteiger partial charge in [0.2, 0.25) is 11.8 Å². The number of imidazole rings is 1. The van der Waals surface area contributed by atoms with E-state index < -0.39 is 0 Å². The molecular formula is C66H48N8O3. The number of oxazole rings is 1. The van der Waals surface area contributed by atoms with Gasteiger partial charge in [0, 0.05) is 95.6 Å². The maximum absolute atomic E-state index is 7.36. The van der Waals surface area contributed by atoms with Crippen LogP contribution in [-0.4, -0.2) is 52.7 Å². The van der Waals surface area contributed by atoms with Crippen LogP contribution in [0.1, 0.15) is 36.8 Å². The molecular weight excluding hydrogens is 953 g/mol. The fraction of sp³-hybridized carbons (Fsp3) is 0.106. The van der Waals surface area contributed by atoms with Gasteiger partial charge in [-0.25, -0.2) is 15.0 Å². The highest BCUT2D eigenvalue weighted by atomic mass is 16.5. The van der Waals surface area contributed by atoms with E-state index in [1.165, 1.54) is 11.1 Å². The Morgan fingerprint density at radius 3 is 1.92 bits per heavy atom. The number of fused-ring (bicyclic) bond motifs is 9. The van der Waals surface area contributed by atoms with Crippen LogP contribution in [0.4, 0.5) is 0 Å². The van der Waals surface area contributed by atoms with Crippen molar-refractivity contribution in [3.05, 3.63) is 206 Å². The molecule has 8 heterocycles. The fourth-order valence-corrected chi connectivity index (χ4v) is 11.9. The van der Waals surface area contributed by atoms with Gasteiger partial charge in [0.05, 0.1) is 52.9 Å². The number of nitrogens with zero attached hydrogens (tertiary/aromatic N) is 8. The van der Waals surface area contributed by atoms with Crippen molar-refractivity contribution in [3.8, 4) is 67.6 Å². The van der Waals surface area contributed by atoms with Crippen molar-refractivity contribution in [1.82, 2.24) is 33.6 Å². The van der Waals surface area contributed by atoms with Crippen LogP contribution in [0.15, 0.2) is 203 Å². The molecule has 7 aromatic heterocycles. The Kier molecular flexibility index (Phi) is 10.1. The number of aliphatic imine (C=N–C) groups is 1. The van der Waals surface area contributed by atoms with Crippen molar-refractivity contribution in [2.75, 3.05) is 13.2 Å². The maximum Gasteiger partial charge on any atom is 0.225 e. The zero-order valence-corrected chi connectivity index (χ0v) is 42.7. The van der Waals surface area contributed by atoms with Gasteiger partial charge < -0.3 is 27.3 Å². The van der Waals surface area contributed by atoms with Crippen molar-refractivity contribution in [1.29, 1.82) is 0 Å². The monoisotopic (exact) mass is 1000 g/mol. The molecule has 14 aromatic rings. The molecule has 7 aromatic carbocycles. The summed E-state index contributed by atoms with van der Waals surface area (Å²) < 4.78 is 26.2. The fourth-order valence-electron chi connectivity index (χ4n) is 11.9. The first-order valence-electron chi connectivity index (χ1n) is 26.0. The average molecular weight is 1000 g/mol. The van der Waals surface area contributed by atoms with Crippen LogP contribution in [0.5, 0.6) is 0 Å². The number of ether oxygens (including phenoxy) is 1. The Morgan fingerprint density at radius 2 is 1.17 bits per heavy atom. The SMILES string of the molecule is Cc1nc(-c2cccc(-n3c4ccccc4c4cc(-c5cc(-c6cccc(-c7ncco7)c6)c6oc7c(-c8cccc(C9=NCCO9)c8)cc(-n8c9cnccc9c9ccncc98)cc7c6c5)ccc43)c2)n(C(C)C)c1C. The zero-order chi connectivity index (χ0) is 51.5. The van der Waals surface area contributed by atoms with E-state index in [2.05, 4.69) is 207 Å². The molecule has 1 aliphatic heterocycles. The maximum atomic E-state index is 7.36. The first-order valence-corrected chi connectivity index (χ1v) is 26.0. The van der Waals surface area contributed by atoms with Gasteiger partial charge in [0.15, 0.2) is 0 Å². The Balaban J connectivity index is 0.986. The number of hydrogen-bond acceptors (Lipinski definition) is 8. The molecule has 0 aliphatic carbocycles. The van der Waals surface area contributed by atoms with E-state index in [-0.39, 0.29) is 6.04 Å². The van der Waals surface area contributed by atoms with Crippen LogP contribution in [0.3, 0.4) is 0 Å². The normalized spacial score (nSPS) is 12.9. The largest absolute Gasteiger partial charge is 0.476 e. The van der Waals surface area contributed by atoms with Crippen molar-refractivity contribution in [2.45, 2.75) is 33.7 Å². The quantitative estimate of drug-likeness (QED) is 0.141. The van der Waals surface area contributed by atoms with Gasteiger partial charge in [-0.15, -0.1) is 0 Å². The van der Waals surface area contributed by atoms with E-state index in [4.69, 9.17) is 18.6 Å². The minimum atomic E-state index is 0.266. The highest BCUT2D eigenvalue weighted by molar-refractivity contribution is 6.17. The third kappa shape index (κ3) is 7.07. The lowest BCUT2D eigenvalue weighted by Crippen LogP contribution is -2.05. The molecule has 370 valence electrons. The lowest BCUT2D eigenvalue weighted by molar-refractivity contribution is 0.348. The molecule has 0 unspecified atom stereocenters. The molecule has 0 spiro atoms. The summed E-state index contributed by atoms with van der Waals surface area (Å²) in [4.78, 5) is 23.6. The summed E-state index contributed by atoms with van der Waals surface area (Å²) in [6.45, 7) is 9.89. The number of benzene rings is 7. The molecule has 0 fully saturated rings. The first kappa shape index (κ1) is 44.6. The Labute approximate surface area is 442 Å². The molecule has 0 amide bonds. The highest BCUT2D eigenvalue weighted by Crippen LogP contribution is 2.46. The summed E-state index contributed by atoms with van der Waals surface area (Å²) in [7, 11) is 0. The predicted octanol–water partition coefficient (Wildman–Crippen LogP) is 16.1. The lowest BCUT2D eigenvalue weighted by Gasteiger charge is -2.15. The third-order valence-corrected chi connectivity index (χ3v) is 15.4. The molecule has 0 saturated heterocycles. The molecule has 0 bridgehead atoms. The van der Waals surface area contributed by atoms with Gasteiger partial charge in [-0.05, 0) is 141 Å². The molecule has 77 heavy (non-hydrogen) atoms. The summed E-state index contributed by atoms with van der Waals surface area (Å²) >= 11 is 0. The van der Waals surface area contributed by atoms with Crippen LogP contribution in [0.2, 0.25) is 0 Å². The first-order chi connectivity index (χ1) is 37.8. The van der Waals surface area contributed by atoms with E-state index in [0.29, 0.717) is 24.9 Å². The molecule has 15 rings (SSSR count). The second-order valence-electron chi connectivity index (χ2n) is 20.2. The number of aryl methyl sites for hydroxylation is 1. The lowest BCUT2D eigenvalue weighted by atomic mass is 9.93. The summed E-state index contributed by atoms with van der Waals surface area (Å²) in [5.74, 6) is 2.17. The van der Waals surface area contributed by atoms with Crippen LogP contribution < -0.4 is 0 Å². The van der Waals surface area contributed by atoms with Crippen molar-refractivity contribution >= 4 is 71.4 Å². The Hall–Kier alpha value is -9.87. The van der Waals surface area contributed by atoms with Gasteiger partial charge in [-0.1, -0.05) is 60.7 Å². The summed E-state index contributed by atoms with van der Waals surface area (Å²) in [6.07, 6.45) is 10.9. The average Bonchev–Trinajstić information content (AvgIpc) is 4.52. The number of furan rings is 1. The highest BCUT2D eigenvalue weighted by Gasteiger charge is 2.24. The number of rotatable bonds is 9. The van der Waals surface area contributed by atoms with Crippen LogP contribution in [0, 0.1) is 13.8 Å². The molecule has 0 N–H and O–H groups in total. The number of pyridine rings is 2. The number of hydrogen-bond donors (Lipinski definition) is 0. The van der Waals surface area contributed by atoms with Gasteiger partial charge in [0.1, 0.15) is 29.9 Å². The molecule has 11 heteroatoms. The van der Waals surface area contributed by atoms with Crippen LogP contribution in [0.25, 0.3) is 133 Å². The van der Waals surface area contributed by atoms with E-state index in [1.54, 1.807) is 12.5 Å². The van der Waals surface area contributed by atoms with Gasteiger partial charge in [0.25, 0.3) is 0 Å². The summed E-state index contributed by atoms with van der Waals surface area (Å²) in [5.41, 5.74) is 18.8. The van der Waals surface area contributed by atoms with E-state index >= 15 is 0 Å². The van der Waals surface area contributed by atoms with Crippen LogP contribution >= 0.6 is 0 Å². The molecule has 0 saturated carbocycles. The minimum absolute atomic E-state index is 0.266. The van der Waals surface area contributed by atoms with E-state index in [0.717, 1.165) is 133 Å². The summed E-state index contributed by atoms with van der Waals surface area (Å²) in [5, 5.41) is 6.44. The summed E-state index contributed by atoms with van der Waals surface area (Å²) in [6, 6.07) is 54.6. The van der Waals surface area contributed by atoms with Crippen LogP contribution in [-0.2, 0) is 4.74 Å². The minimum Gasteiger partial charge on any atom is -0.476 e. The van der Waals surface area contributed by atoms with Crippen molar-refractivity contribution < 1.29 is 13.6 Å². The molecule has 0 atom stereocenters. The van der Waals surface area contributed by atoms with Gasteiger partial charge in [-0.2, -0.15) is 0 Å². The van der Waals surface area contributed by atoms with E-state index in [1.807, 2.05) is 30.9 Å². The molecule has 1 aliphatic rings. The topological polar surface area (TPSA) is 114 Å². The zero-order valence-electron chi connectivity index (χ0n) is 42.7. The van der Waals surface area contributed by atoms with Crippen molar-refractivity contribution in [2.24, 2.45) is 4.99 Å². The molecule has 0 radical (unpaired) electrons. The number of aromatic nitrogens is 7. The van der Waals surface area contributed by atoms with Crippen molar-refractivity contribution in [3.63, 3.8) is 0 Å². The standard InChI is InChI=1S/C66H48N8O3/c1-38(2)72-40(4)39(3)71-64(72)44-12-9-15-48(30-44)73-58-17-6-5-16-50(58)55-31-41(18-19-59(55)73)47-32-53(42-10-7-13-45(28-42)65-69-24-26-75-65)62-56(33-47)57-35-49(74-60-36-67-22-20-51(60)52-21-23-68-37-61(52)74)34-54(63(57)77-62)43-11-8-14-46(29-43)66-70-25-27-76-66/h5-24,26,28-38H,25,27H2,1-4H3. The Morgan fingerprint density at radius 1 is 0.506 bits per heavy atom.